The molecule has 1 aromatic rings. The van der Waals surface area contributed by atoms with Gasteiger partial charge in [0.05, 0.1) is 12.3 Å². The Balaban J connectivity index is 2.31. The van der Waals surface area contributed by atoms with Crippen molar-refractivity contribution in [2.45, 2.75) is 12.6 Å². The van der Waals surface area contributed by atoms with Gasteiger partial charge in [0.15, 0.2) is 0 Å². The molecule has 1 atom stereocenters. The highest BCUT2D eigenvalue weighted by Gasteiger charge is 2.49. The summed E-state index contributed by atoms with van der Waals surface area (Å²) in [6, 6.07) is 5.95. The number of anilines is 1. The zero-order valence-electron chi connectivity index (χ0n) is 10.4. The van der Waals surface area contributed by atoms with Crippen molar-refractivity contribution in [2.75, 3.05) is 11.5 Å². The minimum absolute atomic E-state index is 0.159. The molecule has 1 saturated heterocycles. The van der Waals surface area contributed by atoms with E-state index in [1.165, 1.54) is 19.1 Å². The standard InChI is InChI=1S/C13H13ClN2O3/c1-3-7-19-13(2)11(17)16(12(18)15-13)10-6-4-5-9(14)8-10/h3-6,8H,1,7H2,2H3,(H,15,18). The van der Waals surface area contributed by atoms with Gasteiger partial charge in [-0.05, 0) is 25.1 Å². The Kier molecular flexibility index (Phi) is 3.59. The van der Waals surface area contributed by atoms with E-state index in [1.54, 1.807) is 18.2 Å². The Bertz CT molecular complexity index is 546. The highest BCUT2D eigenvalue weighted by molar-refractivity contribution is 6.31. The average Bonchev–Trinajstić information content (AvgIpc) is 2.58. The Hall–Kier alpha value is -1.85. The lowest BCUT2D eigenvalue weighted by molar-refractivity contribution is -0.138. The first kappa shape index (κ1) is 13.6. The quantitative estimate of drug-likeness (QED) is 0.680. The van der Waals surface area contributed by atoms with Gasteiger partial charge in [0.2, 0.25) is 5.72 Å². The van der Waals surface area contributed by atoms with Gasteiger partial charge in [-0.1, -0.05) is 23.7 Å². The van der Waals surface area contributed by atoms with E-state index in [4.69, 9.17) is 16.3 Å². The summed E-state index contributed by atoms with van der Waals surface area (Å²) in [6.45, 7) is 5.17. The Labute approximate surface area is 115 Å². The van der Waals surface area contributed by atoms with Crippen molar-refractivity contribution in [2.24, 2.45) is 0 Å². The van der Waals surface area contributed by atoms with Gasteiger partial charge in [0.1, 0.15) is 0 Å². The molecule has 0 spiro atoms. The number of rotatable bonds is 4. The first-order valence-electron chi connectivity index (χ1n) is 5.65. The van der Waals surface area contributed by atoms with E-state index >= 15 is 0 Å². The summed E-state index contributed by atoms with van der Waals surface area (Å²) < 4.78 is 5.33. The highest BCUT2D eigenvalue weighted by Crippen LogP contribution is 2.27. The van der Waals surface area contributed by atoms with Gasteiger partial charge in [-0.2, -0.15) is 0 Å². The third kappa shape index (κ3) is 2.47. The third-order valence-electron chi connectivity index (χ3n) is 2.72. The van der Waals surface area contributed by atoms with Gasteiger partial charge in [0.25, 0.3) is 5.91 Å². The Morgan fingerprint density at radius 2 is 2.26 bits per heavy atom. The topological polar surface area (TPSA) is 58.6 Å². The van der Waals surface area contributed by atoms with E-state index in [2.05, 4.69) is 11.9 Å². The molecule has 1 fully saturated rings. The number of carbonyl (C=O) groups is 2. The van der Waals surface area contributed by atoms with Crippen molar-refractivity contribution in [3.05, 3.63) is 41.9 Å². The summed E-state index contributed by atoms with van der Waals surface area (Å²) in [5, 5.41) is 2.95. The molecule has 5 nitrogen and oxygen atoms in total. The molecule has 1 aromatic carbocycles. The van der Waals surface area contributed by atoms with Crippen LogP contribution in [0, 0.1) is 0 Å². The maximum atomic E-state index is 12.3. The summed E-state index contributed by atoms with van der Waals surface area (Å²) in [5.74, 6) is -0.485. The van der Waals surface area contributed by atoms with E-state index in [1.807, 2.05) is 0 Å². The molecule has 1 N–H and O–H groups in total. The lowest BCUT2D eigenvalue weighted by Crippen LogP contribution is -2.46. The van der Waals surface area contributed by atoms with Crippen LogP contribution >= 0.6 is 11.6 Å². The van der Waals surface area contributed by atoms with E-state index < -0.39 is 17.7 Å². The van der Waals surface area contributed by atoms with E-state index in [0.717, 1.165) is 4.90 Å². The van der Waals surface area contributed by atoms with Crippen molar-refractivity contribution in [3.63, 3.8) is 0 Å². The molecular formula is C13H13ClN2O3. The number of nitrogens with one attached hydrogen (secondary N) is 1. The van der Waals surface area contributed by atoms with Gasteiger partial charge >= 0.3 is 6.03 Å². The van der Waals surface area contributed by atoms with Crippen LogP contribution < -0.4 is 10.2 Å². The van der Waals surface area contributed by atoms with Gasteiger partial charge in [-0.25, -0.2) is 9.69 Å². The van der Waals surface area contributed by atoms with Crippen LogP contribution in [0.2, 0.25) is 5.02 Å². The van der Waals surface area contributed by atoms with E-state index in [0.29, 0.717) is 10.7 Å². The molecule has 19 heavy (non-hydrogen) atoms. The minimum atomic E-state index is -1.38. The molecule has 6 heteroatoms. The monoisotopic (exact) mass is 280 g/mol. The van der Waals surface area contributed by atoms with Gasteiger partial charge in [0, 0.05) is 5.02 Å². The van der Waals surface area contributed by atoms with Gasteiger partial charge < -0.3 is 10.1 Å². The van der Waals surface area contributed by atoms with Crippen LogP contribution in [-0.2, 0) is 9.53 Å². The molecule has 1 heterocycles. The zero-order valence-corrected chi connectivity index (χ0v) is 11.1. The molecule has 0 radical (unpaired) electrons. The summed E-state index contributed by atoms with van der Waals surface area (Å²) in [4.78, 5) is 25.2. The Morgan fingerprint density at radius 1 is 1.53 bits per heavy atom. The number of hydrogen-bond acceptors (Lipinski definition) is 3. The van der Waals surface area contributed by atoms with Crippen LogP contribution in [0.15, 0.2) is 36.9 Å². The molecule has 0 aliphatic carbocycles. The molecule has 1 unspecified atom stereocenters. The second-order valence-corrected chi connectivity index (χ2v) is 4.62. The molecule has 3 amide bonds. The fourth-order valence-corrected chi connectivity index (χ4v) is 1.98. The highest BCUT2D eigenvalue weighted by atomic mass is 35.5. The van der Waals surface area contributed by atoms with Crippen LogP contribution in [0.3, 0.4) is 0 Å². The van der Waals surface area contributed by atoms with Crippen LogP contribution in [0.4, 0.5) is 10.5 Å². The maximum Gasteiger partial charge on any atom is 0.331 e. The number of imide groups is 1. The number of benzene rings is 1. The molecule has 1 aliphatic rings. The van der Waals surface area contributed by atoms with Crippen molar-refractivity contribution in [1.29, 1.82) is 0 Å². The number of urea groups is 1. The fraction of sp³-hybridized carbons (Fsp3) is 0.231. The van der Waals surface area contributed by atoms with Crippen LogP contribution in [0.25, 0.3) is 0 Å². The average molecular weight is 281 g/mol. The lowest BCUT2D eigenvalue weighted by Gasteiger charge is -2.21. The second kappa shape index (κ2) is 5.03. The normalized spacial score (nSPS) is 22.5. The molecule has 0 bridgehead atoms. The maximum absolute atomic E-state index is 12.3. The third-order valence-corrected chi connectivity index (χ3v) is 2.95. The number of nitrogens with zero attached hydrogens (tertiary/aromatic N) is 1. The van der Waals surface area contributed by atoms with E-state index in [-0.39, 0.29) is 6.61 Å². The molecule has 2 rings (SSSR count). The molecule has 1 aliphatic heterocycles. The molecular weight excluding hydrogens is 268 g/mol. The van der Waals surface area contributed by atoms with Gasteiger partial charge in [-0.3, -0.25) is 4.79 Å². The number of amides is 3. The first-order chi connectivity index (χ1) is 8.98. The largest absolute Gasteiger partial charge is 0.343 e. The minimum Gasteiger partial charge on any atom is -0.343 e. The predicted molar refractivity (Wildman–Crippen MR) is 72.0 cm³/mol. The summed E-state index contributed by atoms with van der Waals surface area (Å²) in [7, 11) is 0. The number of halogens is 1. The Morgan fingerprint density at radius 3 is 2.89 bits per heavy atom. The number of hydrogen-bond donors (Lipinski definition) is 1. The summed E-state index contributed by atoms with van der Waals surface area (Å²) >= 11 is 5.86. The van der Waals surface area contributed by atoms with Crippen LogP contribution in [0.5, 0.6) is 0 Å². The number of carbonyl (C=O) groups excluding carboxylic acids is 2. The van der Waals surface area contributed by atoms with E-state index in [9.17, 15) is 9.59 Å². The zero-order chi connectivity index (χ0) is 14.0. The second-order valence-electron chi connectivity index (χ2n) is 4.18. The lowest BCUT2D eigenvalue weighted by atomic mass is 10.2. The summed E-state index contributed by atoms with van der Waals surface area (Å²) in [6.07, 6.45) is 1.51. The number of ether oxygens (including phenoxy) is 1. The molecule has 0 aromatic heterocycles. The van der Waals surface area contributed by atoms with Crippen LogP contribution in [-0.4, -0.2) is 24.3 Å². The van der Waals surface area contributed by atoms with Crippen LogP contribution in [0.1, 0.15) is 6.92 Å². The smallest absolute Gasteiger partial charge is 0.331 e. The molecule has 0 saturated carbocycles. The SMILES string of the molecule is C=CCOC1(C)NC(=O)N(c2cccc(Cl)c2)C1=O. The molecule has 100 valence electrons. The van der Waals surface area contributed by atoms with Gasteiger partial charge in [-0.15, -0.1) is 6.58 Å². The summed E-state index contributed by atoms with van der Waals surface area (Å²) in [5.41, 5.74) is -0.978. The fourth-order valence-electron chi connectivity index (χ4n) is 1.79. The van der Waals surface area contributed by atoms with Crippen molar-refractivity contribution in [1.82, 2.24) is 5.32 Å². The van der Waals surface area contributed by atoms with Crippen molar-refractivity contribution >= 4 is 29.2 Å². The van der Waals surface area contributed by atoms with Crippen molar-refractivity contribution < 1.29 is 14.3 Å². The first-order valence-corrected chi connectivity index (χ1v) is 6.03. The van der Waals surface area contributed by atoms with Crippen molar-refractivity contribution in [3.8, 4) is 0 Å². The predicted octanol–water partition coefficient (Wildman–Crippen LogP) is 2.32.